The molecule has 0 aliphatic carbocycles. The van der Waals surface area contributed by atoms with Gasteiger partial charge in [-0.1, -0.05) is 94.4 Å². The minimum absolute atomic E-state index is 0.485. The first-order chi connectivity index (χ1) is 16.0. The zero-order valence-electron chi connectivity index (χ0n) is 19.7. The van der Waals surface area contributed by atoms with Gasteiger partial charge >= 0.3 is 0 Å². The van der Waals surface area contributed by atoms with Gasteiger partial charge in [0.15, 0.2) is 0 Å². The van der Waals surface area contributed by atoms with Crippen LogP contribution >= 0.6 is 11.3 Å². The quantitative estimate of drug-likeness (QED) is 0.261. The molecule has 0 N–H and O–H groups in total. The summed E-state index contributed by atoms with van der Waals surface area (Å²) in [6, 6.07) is 30.6. The van der Waals surface area contributed by atoms with Crippen molar-refractivity contribution in [2.45, 2.75) is 39.5 Å². The number of hydrogen-bond donors (Lipinski definition) is 0. The standard InChI is InChI=1S/C31H29NS/c1-20(2)26-14-9-15-27(21(3)4)31(26)29-18-25-17-28(32-19-30(25)33-29)24-13-8-12-23(16-24)22-10-6-5-7-11-22/h5-21H,1-4H3. The van der Waals surface area contributed by atoms with E-state index in [-0.39, 0.29) is 0 Å². The second-order valence-corrected chi connectivity index (χ2v) is 10.4. The topological polar surface area (TPSA) is 12.9 Å². The largest absolute Gasteiger partial charge is 0.255 e. The van der Waals surface area contributed by atoms with Crippen LogP contribution in [0, 0.1) is 0 Å². The third-order valence-electron chi connectivity index (χ3n) is 6.29. The molecule has 0 saturated carbocycles. The lowest BCUT2D eigenvalue weighted by Gasteiger charge is -2.18. The molecular formula is C31H29NS. The summed E-state index contributed by atoms with van der Waals surface area (Å²) >= 11 is 1.85. The van der Waals surface area contributed by atoms with Gasteiger partial charge in [0.25, 0.3) is 0 Å². The normalized spacial score (nSPS) is 11.6. The van der Waals surface area contributed by atoms with Crippen LogP contribution in [0.15, 0.2) is 91.1 Å². The molecule has 2 heteroatoms. The fraction of sp³-hybridized carbons (Fsp3) is 0.194. The SMILES string of the molecule is CC(C)c1cccc(C(C)C)c1-c1cc2cc(-c3cccc(-c4ccccc4)c3)ncc2s1. The highest BCUT2D eigenvalue weighted by atomic mass is 32.1. The van der Waals surface area contributed by atoms with E-state index >= 15 is 0 Å². The van der Waals surface area contributed by atoms with Gasteiger partial charge in [-0.25, -0.2) is 0 Å². The van der Waals surface area contributed by atoms with Crippen LogP contribution in [-0.2, 0) is 0 Å². The highest BCUT2D eigenvalue weighted by molar-refractivity contribution is 7.22. The number of hydrogen-bond acceptors (Lipinski definition) is 2. The van der Waals surface area contributed by atoms with Gasteiger partial charge in [-0.3, -0.25) is 4.98 Å². The van der Waals surface area contributed by atoms with Crippen molar-refractivity contribution in [1.29, 1.82) is 0 Å². The molecule has 5 rings (SSSR count). The molecule has 0 fully saturated rings. The predicted octanol–water partition coefficient (Wildman–Crippen LogP) is 9.54. The van der Waals surface area contributed by atoms with E-state index in [0.29, 0.717) is 11.8 Å². The predicted molar refractivity (Wildman–Crippen MR) is 144 cm³/mol. The third-order valence-corrected chi connectivity index (χ3v) is 7.39. The van der Waals surface area contributed by atoms with Crippen molar-refractivity contribution in [1.82, 2.24) is 4.98 Å². The molecule has 5 aromatic rings. The lowest BCUT2D eigenvalue weighted by atomic mass is 9.88. The third kappa shape index (κ3) is 4.24. The molecule has 0 atom stereocenters. The molecule has 0 aliphatic heterocycles. The Morgan fingerprint density at radius 2 is 1.27 bits per heavy atom. The number of aromatic nitrogens is 1. The monoisotopic (exact) mass is 447 g/mol. The summed E-state index contributed by atoms with van der Waals surface area (Å²) in [5.41, 5.74) is 8.88. The number of fused-ring (bicyclic) bond motifs is 1. The Bertz CT molecular complexity index is 1380. The van der Waals surface area contributed by atoms with Gasteiger partial charge < -0.3 is 0 Å². The van der Waals surface area contributed by atoms with Crippen molar-refractivity contribution in [3.8, 4) is 32.8 Å². The van der Waals surface area contributed by atoms with Gasteiger partial charge in [0.05, 0.1) is 10.4 Å². The molecule has 164 valence electrons. The van der Waals surface area contributed by atoms with Gasteiger partial charge in [-0.05, 0) is 63.2 Å². The van der Waals surface area contributed by atoms with Crippen molar-refractivity contribution in [3.63, 3.8) is 0 Å². The first kappa shape index (κ1) is 21.6. The van der Waals surface area contributed by atoms with Gasteiger partial charge in [0.1, 0.15) is 0 Å². The maximum atomic E-state index is 4.84. The second-order valence-electron chi connectivity index (χ2n) is 9.29. The van der Waals surface area contributed by atoms with Crippen LogP contribution in [0.5, 0.6) is 0 Å². The molecule has 0 spiro atoms. The number of benzene rings is 3. The fourth-order valence-electron chi connectivity index (χ4n) is 4.55. The molecule has 2 aromatic heterocycles. The molecule has 0 aliphatic rings. The Balaban J connectivity index is 1.60. The Morgan fingerprint density at radius 3 is 1.97 bits per heavy atom. The highest BCUT2D eigenvalue weighted by Gasteiger charge is 2.18. The van der Waals surface area contributed by atoms with Crippen LogP contribution in [-0.4, -0.2) is 4.98 Å². The van der Waals surface area contributed by atoms with Crippen LogP contribution in [0.25, 0.3) is 42.9 Å². The maximum Gasteiger partial charge on any atom is 0.0709 e. The summed E-state index contributed by atoms with van der Waals surface area (Å²) in [5.74, 6) is 0.969. The minimum Gasteiger partial charge on any atom is -0.255 e. The molecule has 3 aromatic carbocycles. The summed E-state index contributed by atoms with van der Waals surface area (Å²) in [6.07, 6.45) is 2.04. The average molecular weight is 448 g/mol. The zero-order valence-corrected chi connectivity index (χ0v) is 20.5. The van der Waals surface area contributed by atoms with Crippen molar-refractivity contribution in [2.75, 3.05) is 0 Å². The lowest BCUT2D eigenvalue weighted by molar-refractivity contribution is 0.839. The smallest absolute Gasteiger partial charge is 0.0709 e. The van der Waals surface area contributed by atoms with Crippen molar-refractivity contribution >= 4 is 21.4 Å². The maximum absolute atomic E-state index is 4.84. The highest BCUT2D eigenvalue weighted by Crippen LogP contribution is 2.42. The molecule has 0 unspecified atom stereocenters. The zero-order chi connectivity index (χ0) is 22.9. The molecule has 0 amide bonds. The van der Waals surface area contributed by atoms with E-state index in [9.17, 15) is 0 Å². The van der Waals surface area contributed by atoms with Gasteiger partial charge in [-0.2, -0.15) is 0 Å². The first-order valence-corrected chi connectivity index (χ1v) is 12.5. The van der Waals surface area contributed by atoms with E-state index < -0.39 is 0 Å². The van der Waals surface area contributed by atoms with Gasteiger partial charge in [0, 0.05) is 16.6 Å². The van der Waals surface area contributed by atoms with E-state index in [4.69, 9.17) is 4.98 Å². The number of pyridine rings is 1. The van der Waals surface area contributed by atoms with Crippen LogP contribution in [0.2, 0.25) is 0 Å². The van der Waals surface area contributed by atoms with Gasteiger partial charge in [-0.15, -0.1) is 11.3 Å². The minimum atomic E-state index is 0.485. The molecule has 0 saturated heterocycles. The fourth-order valence-corrected chi connectivity index (χ4v) is 5.65. The summed E-state index contributed by atoms with van der Waals surface area (Å²) in [6.45, 7) is 9.15. The Hall–Kier alpha value is -3.23. The van der Waals surface area contributed by atoms with Crippen LogP contribution in [0.4, 0.5) is 0 Å². The molecule has 2 heterocycles. The van der Waals surface area contributed by atoms with Crippen molar-refractivity contribution < 1.29 is 0 Å². The van der Waals surface area contributed by atoms with Crippen LogP contribution in [0.3, 0.4) is 0 Å². The van der Waals surface area contributed by atoms with E-state index in [1.165, 1.54) is 42.8 Å². The number of thiophene rings is 1. The molecule has 0 bridgehead atoms. The summed E-state index contributed by atoms with van der Waals surface area (Å²) in [5, 5.41) is 1.26. The molecule has 1 nitrogen and oxygen atoms in total. The molecular weight excluding hydrogens is 418 g/mol. The van der Waals surface area contributed by atoms with Crippen molar-refractivity contribution in [3.05, 3.63) is 102 Å². The van der Waals surface area contributed by atoms with Crippen molar-refractivity contribution in [2.24, 2.45) is 0 Å². The van der Waals surface area contributed by atoms with Crippen LogP contribution in [0.1, 0.15) is 50.7 Å². The molecule has 0 radical (unpaired) electrons. The number of rotatable bonds is 5. The Kier molecular flexibility index (Phi) is 5.86. The van der Waals surface area contributed by atoms with Crippen LogP contribution < -0.4 is 0 Å². The summed E-state index contributed by atoms with van der Waals surface area (Å²) in [4.78, 5) is 6.19. The van der Waals surface area contributed by atoms with E-state index in [1.807, 2.05) is 17.5 Å². The number of nitrogens with zero attached hydrogens (tertiary/aromatic N) is 1. The van der Waals surface area contributed by atoms with E-state index in [1.54, 1.807) is 0 Å². The Morgan fingerprint density at radius 1 is 0.636 bits per heavy atom. The molecule has 33 heavy (non-hydrogen) atoms. The summed E-state index contributed by atoms with van der Waals surface area (Å²) in [7, 11) is 0. The van der Waals surface area contributed by atoms with E-state index in [2.05, 4.69) is 113 Å². The first-order valence-electron chi connectivity index (χ1n) is 11.7. The van der Waals surface area contributed by atoms with Gasteiger partial charge in [0.2, 0.25) is 0 Å². The Labute approximate surface area is 200 Å². The average Bonchev–Trinajstić information content (AvgIpc) is 3.27. The summed E-state index contributed by atoms with van der Waals surface area (Å²) < 4.78 is 1.24. The second kappa shape index (κ2) is 8.96. The lowest BCUT2D eigenvalue weighted by Crippen LogP contribution is -1.98. The van der Waals surface area contributed by atoms with E-state index in [0.717, 1.165) is 11.3 Å².